The van der Waals surface area contributed by atoms with Gasteiger partial charge >= 0.3 is 0 Å². The number of rotatable bonds is 3. The van der Waals surface area contributed by atoms with Gasteiger partial charge in [-0.2, -0.15) is 0 Å². The number of anilines is 1. The van der Waals surface area contributed by atoms with Crippen LogP contribution < -0.4 is 10.2 Å². The highest BCUT2D eigenvalue weighted by atomic mass is 32.1. The molecule has 5 nitrogen and oxygen atoms in total. The van der Waals surface area contributed by atoms with Crippen molar-refractivity contribution in [2.24, 2.45) is 0 Å². The zero-order chi connectivity index (χ0) is 18.6. The van der Waals surface area contributed by atoms with Gasteiger partial charge in [-0.3, -0.25) is 0 Å². The van der Waals surface area contributed by atoms with Gasteiger partial charge in [0, 0.05) is 38.1 Å². The van der Waals surface area contributed by atoms with Crippen LogP contribution in [0, 0.1) is 6.92 Å². The largest absolute Gasteiger partial charge is 0.358 e. The Morgan fingerprint density at radius 2 is 1.81 bits per heavy atom. The first-order chi connectivity index (χ1) is 13.2. The van der Waals surface area contributed by atoms with E-state index in [9.17, 15) is 0 Å². The molecule has 2 heterocycles. The number of nitrogens with zero attached hydrogens (tertiary/aromatic N) is 4. The predicted octanol–water partition coefficient (Wildman–Crippen LogP) is 3.13. The summed E-state index contributed by atoms with van der Waals surface area (Å²) in [6, 6.07) is 16.7. The first-order valence-electron chi connectivity index (χ1n) is 9.24. The van der Waals surface area contributed by atoms with Gasteiger partial charge in [0.05, 0.1) is 5.52 Å². The molecule has 1 aliphatic heterocycles. The fourth-order valence-corrected chi connectivity index (χ4v) is 3.67. The summed E-state index contributed by atoms with van der Waals surface area (Å²) in [5, 5.41) is 5.31. The molecule has 1 aliphatic rings. The van der Waals surface area contributed by atoms with E-state index in [1.54, 1.807) is 6.33 Å². The average molecular weight is 378 g/mol. The van der Waals surface area contributed by atoms with Gasteiger partial charge in [-0.1, -0.05) is 36.4 Å². The van der Waals surface area contributed by atoms with Crippen LogP contribution in [-0.4, -0.2) is 46.2 Å². The van der Waals surface area contributed by atoms with Gasteiger partial charge in [-0.05, 0) is 42.4 Å². The predicted molar refractivity (Wildman–Crippen MR) is 114 cm³/mol. The third kappa shape index (κ3) is 4.01. The van der Waals surface area contributed by atoms with E-state index in [4.69, 9.17) is 12.2 Å². The van der Waals surface area contributed by atoms with Crippen molar-refractivity contribution in [1.29, 1.82) is 0 Å². The summed E-state index contributed by atoms with van der Waals surface area (Å²) < 4.78 is 0. The Hall–Kier alpha value is -2.73. The number of nitrogens with one attached hydrogen (secondary N) is 1. The van der Waals surface area contributed by atoms with Crippen LogP contribution in [0.2, 0.25) is 0 Å². The zero-order valence-electron chi connectivity index (χ0n) is 15.4. The van der Waals surface area contributed by atoms with Crippen LogP contribution >= 0.6 is 12.2 Å². The zero-order valence-corrected chi connectivity index (χ0v) is 16.2. The Labute approximate surface area is 165 Å². The smallest absolute Gasteiger partial charge is 0.169 e. The van der Waals surface area contributed by atoms with E-state index in [1.165, 1.54) is 11.1 Å². The highest BCUT2D eigenvalue weighted by Gasteiger charge is 2.21. The Morgan fingerprint density at radius 3 is 2.59 bits per heavy atom. The fraction of sp³-hybridized carbons (Fsp3) is 0.286. The Kier molecular flexibility index (Phi) is 5.16. The third-order valence-electron chi connectivity index (χ3n) is 4.92. The van der Waals surface area contributed by atoms with E-state index in [1.807, 2.05) is 18.2 Å². The number of piperazine rings is 1. The lowest BCUT2D eigenvalue weighted by molar-refractivity contribution is 0.379. The highest BCUT2D eigenvalue weighted by Crippen LogP contribution is 2.24. The van der Waals surface area contributed by atoms with Crippen LogP contribution in [0.5, 0.6) is 0 Å². The van der Waals surface area contributed by atoms with Gasteiger partial charge in [0.15, 0.2) is 5.11 Å². The minimum atomic E-state index is 0.760. The summed E-state index contributed by atoms with van der Waals surface area (Å²) in [6.45, 7) is 6.41. The molecule has 138 valence electrons. The van der Waals surface area contributed by atoms with Crippen molar-refractivity contribution in [2.75, 3.05) is 31.1 Å². The second-order valence-corrected chi connectivity index (χ2v) is 7.22. The number of fused-ring (bicyclic) bond motifs is 1. The monoisotopic (exact) mass is 377 g/mol. The normalized spacial score (nSPS) is 14.4. The second-order valence-electron chi connectivity index (χ2n) is 6.84. The maximum Gasteiger partial charge on any atom is 0.169 e. The summed E-state index contributed by atoms with van der Waals surface area (Å²) in [5.74, 6) is 1.02. The number of hydrogen-bond donors (Lipinski definition) is 1. The number of hydrogen-bond acceptors (Lipinski definition) is 4. The molecular formula is C21H23N5S. The lowest BCUT2D eigenvalue weighted by Crippen LogP contribution is -2.51. The molecule has 0 spiro atoms. The van der Waals surface area contributed by atoms with E-state index >= 15 is 0 Å². The summed E-state index contributed by atoms with van der Waals surface area (Å²) in [6.07, 6.45) is 1.66. The molecule has 0 radical (unpaired) electrons. The maximum absolute atomic E-state index is 5.59. The molecule has 0 amide bonds. The Bertz CT molecular complexity index is 936. The van der Waals surface area contributed by atoms with Crippen molar-refractivity contribution in [3.05, 3.63) is 66.0 Å². The average Bonchev–Trinajstić information content (AvgIpc) is 2.72. The summed E-state index contributed by atoms with van der Waals surface area (Å²) in [4.78, 5) is 13.5. The standard InChI is InChI=1S/C21H23N5S/c1-16-7-8-18-19(13-16)23-15-24-20(18)25-9-11-26(12-10-25)21(27)22-14-17-5-3-2-4-6-17/h2-8,13,15H,9-12,14H2,1H3,(H,22,27). The van der Waals surface area contributed by atoms with E-state index in [2.05, 4.69) is 62.3 Å². The van der Waals surface area contributed by atoms with E-state index in [0.29, 0.717) is 0 Å². The minimum absolute atomic E-state index is 0.760. The van der Waals surface area contributed by atoms with Gasteiger partial charge < -0.3 is 15.1 Å². The molecule has 1 aromatic heterocycles. The van der Waals surface area contributed by atoms with Crippen molar-refractivity contribution in [3.63, 3.8) is 0 Å². The molecule has 1 saturated heterocycles. The summed E-state index contributed by atoms with van der Waals surface area (Å²) >= 11 is 5.59. The Morgan fingerprint density at radius 1 is 1.04 bits per heavy atom. The van der Waals surface area contributed by atoms with Crippen molar-refractivity contribution in [2.45, 2.75) is 13.5 Å². The number of aryl methyl sites for hydroxylation is 1. The van der Waals surface area contributed by atoms with Crippen LogP contribution in [0.4, 0.5) is 5.82 Å². The van der Waals surface area contributed by atoms with Crippen LogP contribution in [0.1, 0.15) is 11.1 Å². The minimum Gasteiger partial charge on any atom is -0.358 e. The molecule has 0 saturated carbocycles. The SMILES string of the molecule is Cc1ccc2c(N3CCN(C(=S)NCc4ccccc4)CC3)ncnc2c1. The van der Waals surface area contributed by atoms with Crippen LogP contribution in [0.15, 0.2) is 54.9 Å². The molecule has 0 aliphatic carbocycles. The quantitative estimate of drug-likeness (QED) is 0.708. The molecule has 2 aromatic carbocycles. The highest BCUT2D eigenvalue weighted by molar-refractivity contribution is 7.80. The first-order valence-corrected chi connectivity index (χ1v) is 9.64. The third-order valence-corrected chi connectivity index (χ3v) is 5.33. The van der Waals surface area contributed by atoms with Gasteiger partial charge in [-0.25, -0.2) is 9.97 Å². The van der Waals surface area contributed by atoms with Gasteiger partial charge in [0.2, 0.25) is 0 Å². The first kappa shape index (κ1) is 17.7. The van der Waals surface area contributed by atoms with E-state index < -0.39 is 0 Å². The van der Waals surface area contributed by atoms with Crippen LogP contribution in [0.25, 0.3) is 10.9 Å². The lowest BCUT2D eigenvalue weighted by atomic mass is 10.1. The van der Waals surface area contributed by atoms with Gasteiger partial charge in [-0.15, -0.1) is 0 Å². The van der Waals surface area contributed by atoms with Crippen LogP contribution in [-0.2, 0) is 6.54 Å². The molecule has 0 bridgehead atoms. The van der Waals surface area contributed by atoms with Crippen LogP contribution in [0.3, 0.4) is 0 Å². The van der Waals surface area contributed by atoms with Gasteiger partial charge in [0.1, 0.15) is 12.1 Å². The molecule has 0 unspecified atom stereocenters. The lowest BCUT2D eigenvalue weighted by Gasteiger charge is -2.37. The topological polar surface area (TPSA) is 44.3 Å². The molecule has 1 fully saturated rings. The second kappa shape index (κ2) is 7.88. The molecule has 27 heavy (non-hydrogen) atoms. The summed E-state index contributed by atoms with van der Waals surface area (Å²) in [5.41, 5.74) is 3.45. The van der Waals surface area contributed by atoms with Gasteiger partial charge in [0.25, 0.3) is 0 Å². The number of thiocarbonyl (C=S) groups is 1. The number of aromatic nitrogens is 2. The molecule has 4 rings (SSSR count). The van der Waals surface area contributed by atoms with Crippen molar-refractivity contribution in [1.82, 2.24) is 20.2 Å². The van der Waals surface area contributed by atoms with Crippen molar-refractivity contribution >= 4 is 34.1 Å². The summed E-state index contributed by atoms with van der Waals surface area (Å²) in [7, 11) is 0. The van der Waals surface area contributed by atoms with Crippen molar-refractivity contribution in [3.8, 4) is 0 Å². The molecule has 0 atom stereocenters. The van der Waals surface area contributed by atoms with E-state index in [-0.39, 0.29) is 0 Å². The fourth-order valence-electron chi connectivity index (χ4n) is 3.41. The molecule has 3 aromatic rings. The Balaban J connectivity index is 1.38. The molecular weight excluding hydrogens is 354 g/mol. The maximum atomic E-state index is 5.59. The van der Waals surface area contributed by atoms with Crippen molar-refractivity contribution < 1.29 is 0 Å². The molecule has 1 N–H and O–H groups in total. The van der Waals surface area contributed by atoms with E-state index in [0.717, 1.165) is 54.6 Å². The number of benzene rings is 2. The molecule has 6 heteroatoms.